The maximum Gasteiger partial charge on any atom is 0.326 e. The Morgan fingerprint density at radius 3 is 2.48 bits per heavy atom. The molecule has 0 bridgehead atoms. The van der Waals surface area contributed by atoms with Gasteiger partial charge in [-0.3, -0.25) is 4.79 Å². The quantitative estimate of drug-likeness (QED) is 0.755. The normalized spacial score (nSPS) is 11.9. The average molecular weight is 370 g/mol. The number of thiophene rings is 1. The molecular weight excluding hydrogens is 358 g/mol. The van der Waals surface area contributed by atoms with Crippen LogP contribution in [0.5, 0.6) is 5.75 Å². The van der Waals surface area contributed by atoms with Gasteiger partial charge < -0.3 is 15.5 Å². The Kier molecular flexibility index (Phi) is 4.98. The number of carboxylic acid groups (broad SMARTS) is 1. The van der Waals surface area contributed by atoms with Crippen LogP contribution >= 0.6 is 27.3 Å². The third-order valence-corrected chi connectivity index (χ3v) is 4.31. The molecule has 0 saturated carbocycles. The number of hydrogen-bond acceptors (Lipinski definition) is 4. The Morgan fingerprint density at radius 1 is 1.29 bits per heavy atom. The molecule has 7 heteroatoms. The van der Waals surface area contributed by atoms with Crippen LogP contribution in [0.15, 0.2) is 39.5 Å². The highest BCUT2D eigenvalue weighted by Crippen LogP contribution is 2.20. The minimum absolute atomic E-state index is 0.109. The number of aliphatic carboxylic acids is 1. The minimum Gasteiger partial charge on any atom is -0.508 e. The first-order chi connectivity index (χ1) is 9.95. The van der Waals surface area contributed by atoms with Crippen LogP contribution in [-0.2, 0) is 11.2 Å². The van der Waals surface area contributed by atoms with E-state index < -0.39 is 17.9 Å². The molecule has 1 unspecified atom stereocenters. The van der Waals surface area contributed by atoms with Crippen LogP contribution in [0.3, 0.4) is 0 Å². The molecule has 1 aromatic carbocycles. The Labute approximate surface area is 133 Å². The molecule has 110 valence electrons. The zero-order valence-corrected chi connectivity index (χ0v) is 13.1. The van der Waals surface area contributed by atoms with Crippen LogP contribution in [0.4, 0.5) is 0 Å². The molecule has 1 heterocycles. The van der Waals surface area contributed by atoms with Crippen molar-refractivity contribution in [1.82, 2.24) is 5.32 Å². The van der Waals surface area contributed by atoms with Crippen molar-refractivity contribution in [2.75, 3.05) is 0 Å². The topological polar surface area (TPSA) is 86.6 Å². The molecule has 0 spiro atoms. The van der Waals surface area contributed by atoms with E-state index in [0.717, 1.165) is 3.79 Å². The van der Waals surface area contributed by atoms with Gasteiger partial charge in [0.15, 0.2) is 0 Å². The number of rotatable bonds is 5. The number of phenols is 1. The number of carbonyl (C=O) groups excluding carboxylic acids is 1. The fourth-order valence-corrected chi connectivity index (χ4v) is 2.88. The van der Waals surface area contributed by atoms with E-state index in [-0.39, 0.29) is 12.2 Å². The van der Waals surface area contributed by atoms with Crippen molar-refractivity contribution in [3.63, 3.8) is 0 Å². The van der Waals surface area contributed by atoms with Crippen molar-refractivity contribution in [3.8, 4) is 5.75 Å². The van der Waals surface area contributed by atoms with E-state index in [1.54, 1.807) is 23.6 Å². The third-order valence-electron chi connectivity index (χ3n) is 2.81. The molecule has 2 rings (SSSR count). The van der Waals surface area contributed by atoms with Gasteiger partial charge in [-0.2, -0.15) is 0 Å². The van der Waals surface area contributed by atoms with Gasteiger partial charge in [-0.25, -0.2) is 4.79 Å². The van der Waals surface area contributed by atoms with Crippen molar-refractivity contribution in [1.29, 1.82) is 0 Å². The molecule has 1 atom stereocenters. The van der Waals surface area contributed by atoms with E-state index in [1.807, 2.05) is 0 Å². The number of amides is 1. The summed E-state index contributed by atoms with van der Waals surface area (Å²) < 4.78 is 0.804. The molecule has 0 aliphatic rings. The highest BCUT2D eigenvalue weighted by Gasteiger charge is 2.21. The van der Waals surface area contributed by atoms with Crippen molar-refractivity contribution in [3.05, 3.63) is 50.6 Å². The molecule has 21 heavy (non-hydrogen) atoms. The van der Waals surface area contributed by atoms with Crippen LogP contribution in [0.1, 0.15) is 15.9 Å². The number of phenolic OH excluding ortho intramolecular Hbond substituents is 1. The van der Waals surface area contributed by atoms with Gasteiger partial charge in [0.1, 0.15) is 11.8 Å². The number of carbonyl (C=O) groups is 2. The summed E-state index contributed by atoms with van der Waals surface area (Å²) in [5.41, 5.74) is 1.14. The smallest absolute Gasteiger partial charge is 0.326 e. The van der Waals surface area contributed by atoms with Crippen molar-refractivity contribution < 1.29 is 19.8 Å². The molecule has 5 nitrogen and oxygen atoms in total. The van der Waals surface area contributed by atoms with Gasteiger partial charge in [0.2, 0.25) is 0 Å². The number of hydrogen-bond donors (Lipinski definition) is 3. The zero-order valence-electron chi connectivity index (χ0n) is 10.7. The lowest BCUT2D eigenvalue weighted by molar-refractivity contribution is -0.139. The van der Waals surface area contributed by atoms with E-state index >= 15 is 0 Å². The SMILES string of the molecule is O=C(NC(Cc1ccc(O)cc1)C(=O)O)c1csc(Br)c1. The first-order valence-corrected chi connectivity index (χ1v) is 7.68. The second-order valence-corrected chi connectivity index (χ2v) is 6.66. The summed E-state index contributed by atoms with van der Waals surface area (Å²) in [4.78, 5) is 23.3. The summed E-state index contributed by atoms with van der Waals surface area (Å²) in [6, 6.07) is 6.81. The van der Waals surface area contributed by atoms with Crippen LogP contribution < -0.4 is 5.32 Å². The number of benzene rings is 1. The average Bonchev–Trinajstić information content (AvgIpc) is 2.87. The van der Waals surface area contributed by atoms with E-state index in [0.29, 0.717) is 11.1 Å². The fourth-order valence-electron chi connectivity index (χ4n) is 1.74. The number of carboxylic acids is 1. The summed E-state index contributed by atoms with van der Waals surface area (Å²) in [5.74, 6) is -1.42. The Balaban J connectivity index is 2.07. The van der Waals surface area contributed by atoms with Gasteiger partial charge >= 0.3 is 5.97 Å². The van der Waals surface area contributed by atoms with Gasteiger partial charge in [-0.05, 0) is 39.7 Å². The molecule has 0 aliphatic heterocycles. The predicted molar refractivity (Wildman–Crippen MR) is 82.7 cm³/mol. The summed E-state index contributed by atoms with van der Waals surface area (Å²) in [7, 11) is 0. The monoisotopic (exact) mass is 369 g/mol. The van der Waals surface area contributed by atoms with Gasteiger partial charge in [0.05, 0.1) is 9.35 Å². The maximum absolute atomic E-state index is 12.0. The number of aromatic hydroxyl groups is 1. The largest absolute Gasteiger partial charge is 0.508 e. The first kappa shape index (κ1) is 15.5. The van der Waals surface area contributed by atoms with Crippen LogP contribution in [0.2, 0.25) is 0 Å². The molecule has 0 aliphatic carbocycles. The molecule has 2 aromatic rings. The molecule has 1 amide bonds. The van der Waals surface area contributed by atoms with Crippen LogP contribution in [-0.4, -0.2) is 28.1 Å². The van der Waals surface area contributed by atoms with Gasteiger partial charge in [0, 0.05) is 11.8 Å². The van der Waals surface area contributed by atoms with Crippen LogP contribution in [0.25, 0.3) is 0 Å². The zero-order chi connectivity index (χ0) is 15.4. The van der Waals surface area contributed by atoms with Gasteiger partial charge in [-0.1, -0.05) is 12.1 Å². The summed E-state index contributed by atoms with van der Waals surface area (Å²) >= 11 is 4.61. The van der Waals surface area contributed by atoms with E-state index in [2.05, 4.69) is 21.2 Å². The first-order valence-electron chi connectivity index (χ1n) is 6.01. The van der Waals surface area contributed by atoms with Crippen molar-refractivity contribution >= 4 is 39.1 Å². The number of halogens is 1. The van der Waals surface area contributed by atoms with Gasteiger partial charge in [-0.15, -0.1) is 11.3 Å². The second kappa shape index (κ2) is 6.73. The van der Waals surface area contributed by atoms with E-state index in [9.17, 15) is 19.8 Å². The Hall–Kier alpha value is -1.86. The van der Waals surface area contributed by atoms with Crippen LogP contribution in [0, 0.1) is 0 Å². The molecule has 3 N–H and O–H groups in total. The van der Waals surface area contributed by atoms with Crippen molar-refractivity contribution in [2.24, 2.45) is 0 Å². The lowest BCUT2D eigenvalue weighted by atomic mass is 10.1. The Bertz CT molecular complexity index is 653. The number of nitrogens with one attached hydrogen (secondary N) is 1. The summed E-state index contributed by atoms with van der Waals surface area (Å²) in [6.45, 7) is 0. The lowest BCUT2D eigenvalue weighted by Crippen LogP contribution is -2.42. The predicted octanol–water partition coefficient (Wildman–Crippen LogP) is 2.64. The Morgan fingerprint density at radius 2 is 1.95 bits per heavy atom. The van der Waals surface area contributed by atoms with Crippen molar-refractivity contribution in [2.45, 2.75) is 12.5 Å². The third kappa shape index (κ3) is 4.30. The summed E-state index contributed by atoms with van der Waals surface area (Å²) in [5, 5.41) is 22.6. The standard InChI is InChI=1S/C14H12BrNO4S/c15-12-6-9(7-21-12)13(18)16-11(14(19)20)5-8-1-3-10(17)4-2-8/h1-4,6-7,11,17H,5H2,(H,16,18)(H,19,20). The highest BCUT2D eigenvalue weighted by atomic mass is 79.9. The van der Waals surface area contributed by atoms with Gasteiger partial charge in [0.25, 0.3) is 5.91 Å². The molecule has 0 radical (unpaired) electrons. The molecule has 0 saturated heterocycles. The lowest BCUT2D eigenvalue weighted by Gasteiger charge is -2.14. The van der Waals surface area contributed by atoms with E-state index in [4.69, 9.17) is 0 Å². The molecule has 0 fully saturated rings. The maximum atomic E-state index is 12.0. The van der Waals surface area contributed by atoms with E-state index in [1.165, 1.54) is 23.5 Å². The second-order valence-electron chi connectivity index (χ2n) is 4.37. The fraction of sp³-hybridized carbons (Fsp3) is 0.143. The highest BCUT2D eigenvalue weighted by molar-refractivity contribution is 9.11. The summed E-state index contributed by atoms with van der Waals surface area (Å²) in [6.07, 6.45) is 0.145. The minimum atomic E-state index is -1.11. The molecule has 1 aromatic heterocycles. The molecular formula is C14H12BrNO4S.